The molecule has 206 valence electrons. The number of carbonyl (C=O) groups is 1. The SMILES string of the molecule is CC[C@@H]1CCCN(C(=O)c2cc(OC)c3c(c2)nc(-c2cc4cccc(CCCN)c4n2CC2CC2)n3C)C1. The van der Waals surface area contributed by atoms with Gasteiger partial charge >= 0.3 is 0 Å². The Kier molecular flexibility index (Phi) is 7.10. The Hall–Kier alpha value is -3.32. The number of nitrogens with two attached hydrogens (primary N) is 1. The van der Waals surface area contributed by atoms with Crippen LogP contribution in [0.5, 0.6) is 5.75 Å². The Bertz CT molecular complexity index is 1510. The third-order valence-corrected chi connectivity index (χ3v) is 8.81. The van der Waals surface area contributed by atoms with E-state index in [9.17, 15) is 4.79 Å². The zero-order chi connectivity index (χ0) is 27.1. The van der Waals surface area contributed by atoms with Crippen molar-refractivity contribution in [2.24, 2.45) is 24.6 Å². The topological polar surface area (TPSA) is 78.3 Å². The van der Waals surface area contributed by atoms with Gasteiger partial charge in [-0.3, -0.25) is 4.79 Å². The van der Waals surface area contributed by atoms with Crippen molar-refractivity contribution in [2.45, 2.75) is 58.4 Å². The normalized spacial score (nSPS) is 17.8. The average molecular weight is 528 g/mol. The highest BCUT2D eigenvalue weighted by atomic mass is 16.5. The van der Waals surface area contributed by atoms with Crippen LogP contribution in [0, 0.1) is 11.8 Å². The Balaban J connectivity index is 1.46. The number of imidazole rings is 1. The molecular weight excluding hydrogens is 486 g/mol. The van der Waals surface area contributed by atoms with Crippen LogP contribution in [0.1, 0.15) is 61.4 Å². The van der Waals surface area contributed by atoms with Crippen molar-refractivity contribution in [1.29, 1.82) is 0 Å². The summed E-state index contributed by atoms with van der Waals surface area (Å²) in [7, 11) is 3.73. The van der Waals surface area contributed by atoms with E-state index in [0.717, 1.165) is 67.9 Å². The minimum absolute atomic E-state index is 0.0768. The van der Waals surface area contributed by atoms with Gasteiger partial charge in [0, 0.05) is 37.6 Å². The molecule has 1 saturated carbocycles. The first-order valence-corrected chi connectivity index (χ1v) is 14.7. The standard InChI is InChI=1S/C32H41N5O2/c1-4-21-8-7-15-36(19-21)32(38)25-16-26-30(28(18-25)39-3)35(2)31(34-26)27-17-24-10-5-9-23(11-6-14-33)29(24)37(27)20-22-12-13-22/h5,9-10,16-18,21-22H,4,6-8,11-15,19-20,33H2,1-3H3/t21-/m1/s1. The average Bonchev–Trinajstić information content (AvgIpc) is 3.63. The number of hydrogen-bond donors (Lipinski definition) is 1. The van der Waals surface area contributed by atoms with Gasteiger partial charge in [-0.2, -0.15) is 0 Å². The maximum Gasteiger partial charge on any atom is 0.254 e. The van der Waals surface area contributed by atoms with Crippen LogP contribution in [-0.4, -0.2) is 51.7 Å². The quantitative estimate of drug-likeness (QED) is 0.300. The number of amides is 1. The molecule has 0 bridgehead atoms. The molecule has 0 radical (unpaired) electrons. The van der Waals surface area contributed by atoms with Gasteiger partial charge in [0.25, 0.3) is 5.91 Å². The molecule has 1 amide bonds. The summed E-state index contributed by atoms with van der Waals surface area (Å²) in [6.45, 7) is 5.55. The Morgan fingerprint density at radius 1 is 1.13 bits per heavy atom. The van der Waals surface area contributed by atoms with Crippen LogP contribution in [0.2, 0.25) is 0 Å². The smallest absolute Gasteiger partial charge is 0.254 e. The number of piperidine rings is 1. The van der Waals surface area contributed by atoms with Crippen LogP contribution in [0.3, 0.4) is 0 Å². The number of nitrogens with zero attached hydrogens (tertiary/aromatic N) is 4. The van der Waals surface area contributed by atoms with Gasteiger partial charge in [-0.1, -0.05) is 31.5 Å². The fraction of sp³-hybridized carbons (Fsp3) is 0.500. The van der Waals surface area contributed by atoms with Crippen molar-refractivity contribution >= 4 is 27.8 Å². The molecule has 7 heteroatoms. The van der Waals surface area contributed by atoms with E-state index in [-0.39, 0.29) is 5.91 Å². The number of aryl methyl sites for hydroxylation is 2. The number of rotatable bonds is 9. The number of aromatic nitrogens is 3. The molecule has 1 saturated heterocycles. The lowest BCUT2D eigenvalue weighted by atomic mass is 9.95. The molecule has 3 heterocycles. The number of carbonyl (C=O) groups excluding carboxylic acids is 1. The first-order valence-electron chi connectivity index (χ1n) is 14.7. The molecule has 7 nitrogen and oxygen atoms in total. The van der Waals surface area contributed by atoms with Gasteiger partial charge in [-0.05, 0) is 80.7 Å². The lowest BCUT2D eigenvalue weighted by molar-refractivity contribution is 0.0671. The third-order valence-electron chi connectivity index (χ3n) is 8.81. The van der Waals surface area contributed by atoms with Gasteiger partial charge in [0.15, 0.2) is 5.82 Å². The summed E-state index contributed by atoms with van der Waals surface area (Å²) in [4.78, 5) is 20.8. The summed E-state index contributed by atoms with van der Waals surface area (Å²) in [6.07, 6.45) is 7.88. The van der Waals surface area contributed by atoms with E-state index in [2.05, 4.69) is 47.4 Å². The maximum atomic E-state index is 13.6. The number of hydrogen-bond acceptors (Lipinski definition) is 4. The summed E-state index contributed by atoms with van der Waals surface area (Å²) in [5.74, 6) is 2.96. The lowest BCUT2D eigenvalue weighted by Gasteiger charge is -2.32. The van der Waals surface area contributed by atoms with Crippen LogP contribution in [0.15, 0.2) is 36.4 Å². The minimum Gasteiger partial charge on any atom is -0.494 e. The third kappa shape index (κ3) is 4.82. The summed E-state index contributed by atoms with van der Waals surface area (Å²) < 4.78 is 10.5. The highest BCUT2D eigenvalue weighted by Gasteiger charge is 2.28. The molecule has 39 heavy (non-hydrogen) atoms. The molecular formula is C32H41N5O2. The number of fused-ring (bicyclic) bond motifs is 2. The van der Waals surface area contributed by atoms with Crippen LogP contribution in [0.4, 0.5) is 0 Å². The Morgan fingerprint density at radius 3 is 2.72 bits per heavy atom. The van der Waals surface area contributed by atoms with Gasteiger partial charge in [0.05, 0.1) is 23.8 Å². The Labute approximate surface area is 230 Å². The van der Waals surface area contributed by atoms with Crippen LogP contribution in [-0.2, 0) is 20.0 Å². The predicted octanol–water partition coefficient (Wildman–Crippen LogP) is 5.77. The molecule has 1 atom stereocenters. The first-order chi connectivity index (χ1) is 19.0. The van der Waals surface area contributed by atoms with Crippen LogP contribution < -0.4 is 10.5 Å². The molecule has 4 aromatic rings. The predicted molar refractivity (Wildman–Crippen MR) is 157 cm³/mol. The molecule has 0 spiro atoms. The fourth-order valence-electron chi connectivity index (χ4n) is 6.41. The van der Waals surface area contributed by atoms with E-state index in [4.69, 9.17) is 15.5 Å². The van der Waals surface area contributed by atoms with Crippen molar-refractivity contribution in [3.63, 3.8) is 0 Å². The maximum absolute atomic E-state index is 13.6. The highest BCUT2D eigenvalue weighted by molar-refractivity contribution is 6.00. The van der Waals surface area contributed by atoms with Crippen molar-refractivity contribution in [1.82, 2.24) is 19.0 Å². The van der Waals surface area contributed by atoms with E-state index in [0.29, 0.717) is 29.7 Å². The largest absolute Gasteiger partial charge is 0.494 e. The monoisotopic (exact) mass is 527 g/mol. The molecule has 1 aliphatic carbocycles. The van der Waals surface area contributed by atoms with E-state index in [1.807, 2.05) is 17.0 Å². The number of ether oxygens (including phenoxy) is 1. The summed E-state index contributed by atoms with van der Waals surface area (Å²) in [5.41, 5.74) is 12.0. The van der Waals surface area contributed by atoms with Gasteiger partial charge in [-0.25, -0.2) is 4.98 Å². The zero-order valence-electron chi connectivity index (χ0n) is 23.6. The molecule has 1 aliphatic heterocycles. The van der Waals surface area contributed by atoms with Crippen LogP contribution >= 0.6 is 0 Å². The molecule has 2 N–H and O–H groups in total. The second-order valence-electron chi connectivity index (χ2n) is 11.5. The molecule has 2 aromatic heterocycles. The summed E-state index contributed by atoms with van der Waals surface area (Å²) in [6, 6.07) is 12.7. The number of para-hydroxylation sites is 1. The fourth-order valence-corrected chi connectivity index (χ4v) is 6.41. The van der Waals surface area contributed by atoms with Crippen molar-refractivity contribution < 1.29 is 9.53 Å². The summed E-state index contributed by atoms with van der Waals surface area (Å²) in [5, 5.41) is 1.24. The van der Waals surface area contributed by atoms with Crippen molar-refractivity contribution in [3.05, 3.63) is 47.5 Å². The lowest BCUT2D eigenvalue weighted by Crippen LogP contribution is -2.39. The number of likely N-dealkylation sites (tertiary alicyclic amines) is 1. The summed E-state index contributed by atoms with van der Waals surface area (Å²) >= 11 is 0. The van der Waals surface area contributed by atoms with E-state index < -0.39 is 0 Å². The molecule has 2 fully saturated rings. The molecule has 2 aromatic carbocycles. The Morgan fingerprint density at radius 2 is 1.97 bits per heavy atom. The minimum atomic E-state index is 0.0768. The molecule has 0 unspecified atom stereocenters. The van der Waals surface area contributed by atoms with Crippen molar-refractivity contribution in [3.8, 4) is 17.3 Å². The zero-order valence-corrected chi connectivity index (χ0v) is 23.6. The van der Waals surface area contributed by atoms with Crippen molar-refractivity contribution in [2.75, 3.05) is 26.7 Å². The second kappa shape index (κ2) is 10.7. The van der Waals surface area contributed by atoms with E-state index in [1.165, 1.54) is 35.7 Å². The highest BCUT2D eigenvalue weighted by Crippen LogP contribution is 2.39. The number of benzene rings is 2. The van der Waals surface area contributed by atoms with E-state index >= 15 is 0 Å². The van der Waals surface area contributed by atoms with Gasteiger partial charge in [-0.15, -0.1) is 0 Å². The van der Waals surface area contributed by atoms with Gasteiger partial charge in [0.1, 0.15) is 11.3 Å². The van der Waals surface area contributed by atoms with Gasteiger partial charge in [0.2, 0.25) is 0 Å². The molecule has 2 aliphatic rings. The van der Waals surface area contributed by atoms with Gasteiger partial charge < -0.3 is 24.5 Å². The van der Waals surface area contributed by atoms with E-state index in [1.54, 1.807) is 7.11 Å². The second-order valence-corrected chi connectivity index (χ2v) is 11.5. The number of methoxy groups -OCH3 is 1. The first kappa shape index (κ1) is 25.9. The molecule has 6 rings (SSSR count). The van der Waals surface area contributed by atoms with Crippen LogP contribution in [0.25, 0.3) is 33.5 Å².